The Hall–Kier alpha value is -9.18. The molecule has 0 radical (unpaired) electrons. The van der Waals surface area contributed by atoms with Crippen LogP contribution in [0.3, 0.4) is 0 Å². The van der Waals surface area contributed by atoms with Crippen LogP contribution >= 0.6 is 0 Å². The molecule has 16 nitrogen and oxygen atoms in total. The number of aromatic nitrogens is 4. The molecule has 0 unspecified atom stereocenters. The van der Waals surface area contributed by atoms with Crippen LogP contribution in [-0.4, -0.2) is 72.0 Å². The van der Waals surface area contributed by atoms with Gasteiger partial charge in [0, 0.05) is 91.3 Å². The molecule has 0 spiro atoms. The van der Waals surface area contributed by atoms with Crippen LogP contribution in [0.2, 0.25) is 0 Å². The summed E-state index contributed by atoms with van der Waals surface area (Å²) >= 11 is 0. The van der Waals surface area contributed by atoms with Gasteiger partial charge in [0.1, 0.15) is 23.0 Å². The molecule has 7 aromatic rings. The number of ether oxygens (including phenoxy) is 4. The fourth-order valence-corrected chi connectivity index (χ4v) is 13.1. The average Bonchev–Trinajstić information content (AvgIpc) is 1.72. The maximum absolute atomic E-state index is 14.4. The summed E-state index contributed by atoms with van der Waals surface area (Å²) in [5, 5.41) is 13.4. The second-order valence-electron chi connectivity index (χ2n) is 27.4. The number of amides is 4. The lowest BCUT2D eigenvalue weighted by atomic mass is 9.97. The van der Waals surface area contributed by atoms with Crippen molar-refractivity contribution in [2.45, 2.75) is 93.9 Å². The van der Waals surface area contributed by atoms with Gasteiger partial charge in [-0.3, -0.25) is 24.2 Å². The van der Waals surface area contributed by atoms with E-state index in [1.807, 2.05) is 109 Å². The number of methoxy groups -OCH3 is 4. The molecule has 452 valence electrons. The van der Waals surface area contributed by atoms with Gasteiger partial charge in [-0.25, -0.2) is 4.98 Å². The summed E-state index contributed by atoms with van der Waals surface area (Å²) in [6.45, 7) is 16.8. The number of hydrogen-bond acceptors (Lipinski definition) is 10. The van der Waals surface area contributed by atoms with Gasteiger partial charge in [0.2, 0.25) is 23.6 Å². The number of rotatable bonds is 16. The highest BCUT2D eigenvalue weighted by Gasteiger charge is 2.53. The summed E-state index contributed by atoms with van der Waals surface area (Å²) < 4.78 is 23.7. The van der Waals surface area contributed by atoms with Gasteiger partial charge in [0.05, 0.1) is 74.0 Å². The lowest BCUT2D eigenvalue weighted by molar-refractivity contribution is -0.118. The zero-order chi connectivity index (χ0) is 61.9. The number of nitrogens with one attached hydrogen (secondary N) is 6. The molecule has 4 amide bonds. The minimum atomic E-state index is -0.206. The van der Waals surface area contributed by atoms with Gasteiger partial charge in [-0.15, -0.1) is 0 Å². The SMILES string of the molecule is COc1cc(OC)cc(-c2c3nc(c(-c4c(NC(=O)[C@H]5CC5(C)C)cccc4NC(=O)[C@@H]4CC4(C)C)c4ccc([nH]4)c(-c4cc(OC)cc(OC)c4)c4nc(c(-c5c(NC(=O)[C@H]6CC6(C)C)cccc5NC(=O)[C@@H]5CC5(C)C)c5ccc2[nH]5)CC4)C=C3)c1. The molecule has 88 heavy (non-hydrogen) atoms. The van der Waals surface area contributed by atoms with E-state index in [1.54, 1.807) is 28.4 Å². The van der Waals surface area contributed by atoms with Crippen molar-refractivity contribution in [2.75, 3.05) is 49.7 Å². The van der Waals surface area contributed by atoms with Crippen LogP contribution in [0.5, 0.6) is 23.0 Å². The molecule has 5 heterocycles. The first-order valence-corrected chi connectivity index (χ1v) is 30.4. The summed E-state index contributed by atoms with van der Waals surface area (Å²) in [4.78, 5) is 76.7. The Morgan fingerprint density at radius 1 is 0.398 bits per heavy atom. The van der Waals surface area contributed by atoms with Crippen molar-refractivity contribution in [3.8, 4) is 67.5 Å². The van der Waals surface area contributed by atoms with Crippen LogP contribution in [-0.2, 0) is 32.0 Å². The quantitative estimate of drug-likeness (QED) is 0.0539. The Morgan fingerprint density at radius 2 is 0.693 bits per heavy atom. The first-order chi connectivity index (χ1) is 42.0. The number of H-pyrrole nitrogens is 2. The monoisotopic (exact) mass is 1180 g/mol. The predicted octanol–water partition coefficient (Wildman–Crippen LogP) is 14.9. The summed E-state index contributed by atoms with van der Waals surface area (Å²) in [6.07, 6.45) is 7.86. The molecular formula is C72H76N8O8. The highest BCUT2D eigenvalue weighted by Crippen LogP contribution is 2.56. The van der Waals surface area contributed by atoms with E-state index >= 15 is 0 Å². The third-order valence-corrected chi connectivity index (χ3v) is 19.3. The van der Waals surface area contributed by atoms with Crippen LogP contribution in [0.15, 0.2) is 97.1 Å². The van der Waals surface area contributed by atoms with Gasteiger partial charge in [-0.1, -0.05) is 67.5 Å². The van der Waals surface area contributed by atoms with E-state index in [2.05, 4.69) is 86.6 Å². The Kier molecular flexibility index (Phi) is 14.0. The van der Waals surface area contributed by atoms with Crippen molar-refractivity contribution in [1.82, 2.24) is 19.9 Å². The molecule has 0 saturated heterocycles. The Balaban J connectivity index is 1.16. The number of benzene rings is 4. The minimum absolute atomic E-state index is 0.0973. The number of carbonyl (C=O) groups excluding carboxylic acids is 4. The molecule has 8 bridgehead atoms. The first kappa shape index (κ1) is 57.9. The van der Waals surface area contributed by atoms with Crippen LogP contribution in [0, 0.1) is 45.3 Å². The number of aromatic amines is 2. The molecule has 4 fully saturated rings. The summed E-state index contributed by atoms with van der Waals surface area (Å²) in [5.41, 5.74) is 12.1. The fraction of sp³-hybridized carbons (Fsp3) is 0.361. The largest absolute Gasteiger partial charge is 0.497 e. The van der Waals surface area contributed by atoms with Crippen molar-refractivity contribution in [3.05, 3.63) is 120 Å². The molecular weight excluding hydrogens is 1100 g/mol. The van der Waals surface area contributed by atoms with E-state index in [0.29, 0.717) is 126 Å². The van der Waals surface area contributed by atoms with Gasteiger partial charge >= 0.3 is 0 Å². The van der Waals surface area contributed by atoms with Gasteiger partial charge in [-0.05, 0) is 156 Å². The molecule has 16 heteroatoms. The number of hydrogen-bond donors (Lipinski definition) is 6. The normalized spacial score (nSPS) is 20.0. The van der Waals surface area contributed by atoms with E-state index < -0.39 is 0 Å². The van der Waals surface area contributed by atoms with Crippen LogP contribution in [0.25, 0.3) is 78.7 Å². The van der Waals surface area contributed by atoms with Gasteiger partial charge in [0.25, 0.3) is 0 Å². The average molecular weight is 1180 g/mol. The first-order valence-electron chi connectivity index (χ1n) is 30.4. The number of anilines is 4. The predicted molar refractivity (Wildman–Crippen MR) is 347 cm³/mol. The summed E-state index contributed by atoms with van der Waals surface area (Å²) in [7, 11) is 6.48. The number of nitrogens with zero attached hydrogens (tertiary/aromatic N) is 2. The molecule has 13 rings (SSSR count). The zero-order valence-electron chi connectivity index (χ0n) is 52.1. The number of fused-ring (bicyclic) bond motifs is 8. The number of aryl methyl sites for hydroxylation is 2. The van der Waals surface area contributed by atoms with Crippen LogP contribution < -0.4 is 40.2 Å². The lowest BCUT2D eigenvalue weighted by Gasteiger charge is -2.19. The van der Waals surface area contributed by atoms with E-state index in [-0.39, 0.29) is 69.0 Å². The van der Waals surface area contributed by atoms with E-state index in [0.717, 1.165) is 48.1 Å². The highest BCUT2D eigenvalue weighted by atomic mass is 16.5. The van der Waals surface area contributed by atoms with E-state index in [1.165, 1.54) is 0 Å². The van der Waals surface area contributed by atoms with Crippen LogP contribution in [0.1, 0.15) is 104 Å². The molecule has 4 aliphatic carbocycles. The smallest absolute Gasteiger partial charge is 0.228 e. The van der Waals surface area contributed by atoms with Crippen molar-refractivity contribution in [3.63, 3.8) is 0 Å². The molecule has 4 aromatic carbocycles. The second kappa shape index (κ2) is 21.3. The Morgan fingerprint density at radius 3 is 1.05 bits per heavy atom. The van der Waals surface area contributed by atoms with Crippen molar-refractivity contribution >= 4 is 80.6 Å². The van der Waals surface area contributed by atoms with Gasteiger partial charge in [-0.2, -0.15) is 0 Å². The van der Waals surface area contributed by atoms with Gasteiger partial charge in [0.15, 0.2) is 0 Å². The Labute approximate surface area is 512 Å². The summed E-state index contributed by atoms with van der Waals surface area (Å²) in [6, 6.07) is 30.9. The van der Waals surface area contributed by atoms with E-state index in [9.17, 15) is 19.2 Å². The Bertz CT molecular complexity index is 4160. The molecule has 6 N–H and O–H groups in total. The molecule has 4 atom stereocenters. The fourth-order valence-electron chi connectivity index (χ4n) is 13.1. The van der Waals surface area contributed by atoms with Gasteiger partial charge < -0.3 is 50.2 Å². The highest BCUT2D eigenvalue weighted by molar-refractivity contribution is 6.11. The van der Waals surface area contributed by atoms with E-state index in [4.69, 9.17) is 28.9 Å². The summed E-state index contributed by atoms with van der Waals surface area (Å²) in [5.74, 6) is 1.04. The third kappa shape index (κ3) is 10.7. The zero-order valence-corrected chi connectivity index (χ0v) is 52.1. The standard InChI is InChI=1S/C72H76N8O8/c1-69(2)33-43(69)65(81)77-47-15-13-16-48(78-66(82)44-34-70(44,3)4)61(47)63-55-23-19-51(73-55)59(37-27-39(85-9)31-40(28-37)86-10)53-21-25-57(75-53)64(58-26-22-54(76-58)60(52-20-24-56(63)74-52)38-29-41(87-11)32-42(30-38)88-12)62-49(79-67(83)45-35-71(45,5)6)17-14-18-50(62)80-68(84)46-36-72(46,7)8/h13-21,23-25,27-32,43-46,74-75H,22,26,33-36H2,1-12H3,(H,77,81)(H,78,82)(H,79,83)(H,80,84)/t43-,44+,45-,46+. The molecule has 2 aliphatic heterocycles. The third-order valence-electron chi connectivity index (χ3n) is 19.3. The number of carbonyl (C=O) groups is 4. The molecule has 4 saturated carbocycles. The topological polar surface area (TPSA) is 211 Å². The van der Waals surface area contributed by atoms with Crippen molar-refractivity contribution in [2.24, 2.45) is 45.3 Å². The maximum Gasteiger partial charge on any atom is 0.228 e. The molecule has 3 aromatic heterocycles. The van der Waals surface area contributed by atoms with Crippen LogP contribution in [0.4, 0.5) is 22.7 Å². The minimum Gasteiger partial charge on any atom is -0.497 e. The lowest BCUT2D eigenvalue weighted by Crippen LogP contribution is -2.19. The second-order valence-corrected chi connectivity index (χ2v) is 27.4. The maximum atomic E-state index is 14.4. The van der Waals surface area contributed by atoms with Crippen molar-refractivity contribution in [1.29, 1.82) is 0 Å². The molecule has 6 aliphatic rings. The van der Waals surface area contributed by atoms with Crippen molar-refractivity contribution < 1.29 is 38.1 Å².